The Labute approximate surface area is 93.2 Å². The minimum absolute atomic E-state index is 0.522. The summed E-state index contributed by atoms with van der Waals surface area (Å²) in [5.41, 5.74) is 3.07. The summed E-state index contributed by atoms with van der Waals surface area (Å²) in [6.45, 7) is 1.93. The van der Waals surface area contributed by atoms with Crippen molar-refractivity contribution in [1.29, 1.82) is 0 Å². The highest BCUT2D eigenvalue weighted by atomic mass is 35.5. The first kappa shape index (κ1) is 10.1. The van der Waals surface area contributed by atoms with Crippen molar-refractivity contribution in [1.82, 2.24) is 15.0 Å². The molecule has 2 aromatic rings. The third-order valence-electron chi connectivity index (χ3n) is 2.25. The van der Waals surface area contributed by atoms with Gasteiger partial charge in [-0.2, -0.15) is 0 Å². The Bertz CT molecular complexity index is 457. The van der Waals surface area contributed by atoms with Crippen molar-refractivity contribution in [3.05, 3.63) is 52.8 Å². The lowest BCUT2D eigenvalue weighted by Crippen LogP contribution is -1.98. The van der Waals surface area contributed by atoms with Crippen molar-refractivity contribution in [3.63, 3.8) is 0 Å². The van der Waals surface area contributed by atoms with Gasteiger partial charge in [-0.05, 0) is 24.6 Å². The topological polar surface area (TPSA) is 38.7 Å². The molecule has 0 saturated heterocycles. The van der Waals surface area contributed by atoms with Crippen LogP contribution >= 0.6 is 11.6 Å². The van der Waals surface area contributed by atoms with E-state index >= 15 is 0 Å². The zero-order chi connectivity index (χ0) is 10.7. The monoisotopic (exact) mass is 219 g/mol. The summed E-state index contributed by atoms with van der Waals surface area (Å²) in [5, 5.41) is 0.522. The molecule has 0 unspecified atom stereocenters. The van der Waals surface area contributed by atoms with Crippen LogP contribution < -0.4 is 0 Å². The Morgan fingerprint density at radius 3 is 2.67 bits per heavy atom. The van der Waals surface area contributed by atoms with Crippen LogP contribution in [0.5, 0.6) is 0 Å². The fourth-order valence-corrected chi connectivity index (χ4v) is 1.49. The van der Waals surface area contributed by atoms with Crippen LogP contribution in [0, 0.1) is 6.92 Å². The molecule has 0 aliphatic heterocycles. The second kappa shape index (κ2) is 4.36. The SMILES string of the molecule is Cc1c(Cl)ncnc1Cc1ccncc1. The van der Waals surface area contributed by atoms with Crippen molar-refractivity contribution in [2.24, 2.45) is 0 Å². The first-order valence-corrected chi connectivity index (χ1v) is 5.00. The van der Waals surface area contributed by atoms with Crippen LogP contribution in [-0.4, -0.2) is 15.0 Å². The molecular weight excluding hydrogens is 210 g/mol. The molecule has 76 valence electrons. The molecular formula is C11H10ClN3. The van der Waals surface area contributed by atoms with Gasteiger partial charge in [-0.15, -0.1) is 0 Å². The third kappa shape index (κ3) is 2.30. The molecule has 0 aromatic carbocycles. The standard InChI is InChI=1S/C11H10ClN3/c1-8-10(14-7-15-11(8)12)6-9-2-4-13-5-3-9/h2-5,7H,6H2,1H3. The molecule has 2 aromatic heterocycles. The number of pyridine rings is 1. The molecule has 2 heterocycles. The van der Waals surface area contributed by atoms with Gasteiger partial charge in [0.2, 0.25) is 0 Å². The minimum Gasteiger partial charge on any atom is -0.265 e. The van der Waals surface area contributed by atoms with Crippen molar-refractivity contribution in [3.8, 4) is 0 Å². The summed E-state index contributed by atoms with van der Waals surface area (Å²) in [7, 11) is 0. The van der Waals surface area contributed by atoms with Gasteiger partial charge in [0.05, 0.1) is 5.69 Å². The maximum absolute atomic E-state index is 5.92. The summed E-state index contributed by atoms with van der Waals surface area (Å²) in [6.07, 6.45) is 5.80. The molecule has 0 radical (unpaired) electrons. The first-order chi connectivity index (χ1) is 7.27. The highest BCUT2D eigenvalue weighted by Gasteiger charge is 2.05. The van der Waals surface area contributed by atoms with E-state index in [0.717, 1.165) is 17.7 Å². The van der Waals surface area contributed by atoms with Crippen LogP contribution in [0.1, 0.15) is 16.8 Å². The van der Waals surface area contributed by atoms with Gasteiger partial charge in [0.15, 0.2) is 0 Å². The third-order valence-corrected chi connectivity index (χ3v) is 2.63. The van der Waals surface area contributed by atoms with E-state index in [1.165, 1.54) is 11.9 Å². The highest BCUT2D eigenvalue weighted by Crippen LogP contribution is 2.16. The predicted molar refractivity (Wildman–Crippen MR) is 58.8 cm³/mol. The number of hydrogen-bond donors (Lipinski definition) is 0. The quantitative estimate of drug-likeness (QED) is 0.729. The lowest BCUT2D eigenvalue weighted by molar-refractivity contribution is 0.992. The van der Waals surface area contributed by atoms with Gasteiger partial charge in [-0.3, -0.25) is 4.98 Å². The van der Waals surface area contributed by atoms with Crippen LogP contribution in [0.4, 0.5) is 0 Å². The van der Waals surface area contributed by atoms with E-state index in [1.54, 1.807) is 12.4 Å². The number of rotatable bonds is 2. The van der Waals surface area contributed by atoms with Crippen molar-refractivity contribution >= 4 is 11.6 Å². The fraction of sp³-hybridized carbons (Fsp3) is 0.182. The maximum atomic E-state index is 5.92. The van der Waals surface area contributed by atoms with Gasteiger partial charge in [-0.25, -0.2) is 9.97 Å². The average molecular weight is 220 g/mol. The zero-order valence-corrected chi connectivity index (χ0v) is 9.07. The normalized spacial score (nSPS) is 10.3. The summed E-state index contributed by atoms with van der Waals surface area (Å²) >= 11 is 5.92. The van der Waals surface area contributed by atoms with Gasteiger partial charge in [-0.1, -0.05) is 11.6 Å². The van der Waals surface area contributed by atoms with Crippen molar-refractivity contribution in [2.75, 3.05) is 0 Å². The summed E-state index contributed by atoms with van der Waals surface area (Å²) < 4.78 is 0. The van der Waals surface area contributed by atoms with Crippen LogP contribution in [0.2, 0.25) is 5.15 Å². The van der Waals surface area contributed by atoms with Gasteiger partial charge < -0.3 is 0 Å². The van der Waals surface area contributed by atoms with Gasteiger partial charge in [0, 0.05) is 24.4 Å². The highest BCUT2D eigenvalue weighted by molar-refractivity contribution is 6.30. The maximum Gasteiger partial charge on any atom is 0.135 e. The lowest BCUT2D eigenvalue weighted by Gasteiger charge is -2.04. The zero-order valence-electron chi connectivity index (χ0n) is 8.31. The molecule has 0 bridgehead atoms. The molecule has 15 heavy (non-hydrogen) atoms. The van der Waals surface area contributed by atoms with Crippen LogP contribution in [0.15, 0.2) is 30.9 Å². The van der Waals surface area contributed by atoms with E-state index in [2.05, 4.69) is 15.0 Å². The predicted octanol–water partition coefficient (Wildman–Crippen LogP) is 2.42. The summed E-state index contributed by atoms with van der Waals surface area (Å²) in [4.78, 5) is 12.1. The molecule has 0 N–H and O–H groups in total. The molecule has 4 heteroatoms. The minimum atomic E-state index is 0.522. The molecule has 0 fully saturated rings. The van der Waals surface area contributed by atoms with Crippen LogP contribution in [0.25, 0.3) is 0 Å². The Balaban J connectivity index is 2.29. The molecule has 0 aliphatic carbocycles. The fourth-order valence-electron chi connectivity index (χ4n) is 1.33. The van der Waals surface area contributed by atoms with E-state index < -0.39 is 0 Å². The summed E-state index contributed by atoms with van der Waals surface area (Å²) in [5.74, 6) is 0. The smallest absolute Gasteiger partial charge is 0.135 e. The lowest BCUT2D eigenvalue weighted by atomic mass is 10.1. The van der Waals surface area contributed by atoms with E-state index in [-0.39, 0.29) is 0 Å². The molecule has 0 aliphatic rings. The Kier molecular flexibility index (Phi) is 2.92. The summed E-state index contributed by atoms with van der Waals surface area (Å²) in [6, 6.07) is 3.94. The Morgan fingerprint density at radius 2 is 1.93 bits per heavy atom. The molecule has 3 nitrogen and oxygen atoms in total. The molecule has 0 saturated carbocycles. The van der Waals surface area contributed by atoms with Crippen LogP contribution in [-0.2, 0) is 6.42 Å². The Hall–Kier alpha value is -1.48. The number of halogens is 1. The van der Waals surface area contributed by atoms with Crippen molar-refractivity contribution < 1.29 is 0 Å². The number of aromatic nitrogens is 3. The van der Waals surface area contributed by atoms with E-state index in [1.807, 2.05) is 19.1 Å². The average Bonchev–Trinajstić information content (AvgIpc) is 2.26. The van der Waals surface area contributed by atoms with Gasteiger partial charge in [0.1, 0.15) is 11.5 Å². The molecule has 2 rings (SSSR count). The van der Waals surface area contributed by atoms with Crippen LogP contribution in [0.3, 0.4) is 0 Å². The van der Waals surface area contributed by atoms with Gasteiger partial charge in [0.25, 0.3) is 0 Å². The molecule has 0 atom stereocenters. The molecule has 0 amide bonds. The van der Waals surface area contributed by atoms with E-state index in [9.17, 15) is 0 Å². The van der Waals surface area contributed by atoms with E-state index in [0.29, 0.717) is 5.15 Å². The molecule has 0 spiro atoms. The first-order valence-electron chi connectivity index (χ1n) is 4.62. The second-order valence-electron chi connectivity index (χ2n) is 3.27. The number of nitrogens with zero attached hydrogens (tertiary/aromatic N) is 3. The largest absolute Gasteiger partial charge is 0.265 e. The second-order valence-corrected chi connectivity index (χ2v) is 3.63. The van der Waals surface area contributed by atoms with E-state index in [4.69, 9.17) is 11.6 Å². The van der Waals surface area contributed by atoms with Gasteiger partial charge >= 0.3 is 0 Å². The Morgan fingerprint density at radius 1 is 1.20 bits per heavy atom. The number of hydrogen-bond acceptors (Lipinski definition) is 3. The van der Waals surface area contributed by atoms with Crippen molar-refractivity contribution in [2.45, 2.75) is 13.3 Å².